The van der Waals surface area contributed by atoms with E-state index in [9.17, 15) is 0 Å². The predicted octanol–water partition coefficient (Wildman–Crippen LogP) is 3.25. The van der Waals surface area contributed by atoms with Crippen molar-refractivity contribution in [1.82, 2.24) is 9.78 Å². The zero-order chi connectivity index (χ0) is 13.9. The van der Waals surface area contributed by atoms with Gasteiger partial charge in [0.1, 0.15) is 0 Å². The first-order valence-electron chi connectivity index (χ1n) is 6.41. The Hall–Kier alpha value is -1.26. The number of benzene rings is 1. The zero-order valence-electron chi connectivity index (χ0n) is 11.6. The molecule has 0 radical (unpaired) electrons. The van der Waals surface area contributed by atoms with E-state index in [0.29, 0.717) is 0 Å². The summed E-state index contributed by atoms with van der Waals surface area (Å²) in [5.41, 5.74) is 2.20. The molecule has 1 heterocycles. The van der Waals surface area contributed by atoms with Crippen molar-refractivity contribution < 1.29 is 5.11 Å². The first kappa shape index (κ1) is 14.2. The van der Waals surface area contributed by atoms with Gasteiger partial charge in [-0.15, -0.1) is 11.8 Å². The lowest BCUT2D eigenvalue weighted by atomic mass is 9.93. The van der Waals surface area contributed by atoms with E-state index in [1.54, 1.807) is 11.8 Å². The number of aromatic nitrogens is 2. The highest BCUT2D eigenvalue weighted by molar-refractivity contribution is 7.99. The number of nitrogens with zero attached hydrogens (tertiary/aromatic N) is 2. The lowest BCUT2D eigenvalue weighted by Crippen LogP contribution is -2.12. The molecule has 3 nitrogen and oxygen atoms in total. The summed E-state index contributed by atoms with van der Waals surface area (Å²) in [6.45, 7) is 6.68. The molecule has 0 aliphatic heterocycles. The topological polar surface area (TPSA) is 38.0 Å². The maximum Gasteiger partial charge on any atom is 0.0682 e. The van der Waals surface area contributed by atoms with Crippen LogP contribution in [0.25, 0.3) is 5.69 Å². The molecular weight excluding hydrogens is 256 g/mol. The molecule has 0 unspecified atom stereocenters. The van der Waals surface area contributed by atoms with Crippen molar-refractivity contribution in [2.75, 3.05) is 12.4 Å². The minimum absolute atomic E-state index is 0.0640. The van der Waals surface area contributed by atoms with Gasteiger partial charge in [-0.3, -0.25) is 0 Å². The fourth-order valence-corrected chi connectivity index (χ4v) is 2.45. The summed E-state index contributed by atoms with van der Waals surface area (Å²) in [7, 11) is 0. The minimum Gasteiger partial charge on any atom is -0.396 e. The van der Waals surface area contributed by atoms with E-state index in [4.69, 9.17) is 5.11 Å². The van der Waals surface area contributed by atoms with Crippen molar-refractivity contribution in [2.45, 2.75) is 31.1 Å². The average molecular weight is 276 g/mol. The summed E-state index contributed by atoms with van der Waals surface area (Å²) in [5.74, 6) is 0.718. The van der Waals surface area contributed by atoms with Gasteiger partial charge in [-0.25, -0.2) is 4.68 Å². The van der Waals surface area contributed by atoms with Gasteiger partial charge in [0.25, 0.3) is 0 Å². The molecule has 19 heavy (non-hydrogen) atoms. The zero-order valence-corrected chi connectivity index (χ0v) is 12.4. The molecule has 0 saturated carbocycles. The van der Waals surface area contributed by atoms with Crippen LogP contribution >= 0.6 is 11.8 Å². The van der Waals surface area contributed by atoms with E-state index in [1.165, 1.54) is 0 Å². The van der Waals surface area contributed by atoms with Gasteiger partial charge in [0, 0.05) is 22.3 Å². The number of aliphatic hydroxyl groups excluding tert-OH is 1. The van der Waals surface area contributed by atoms with Gasteiger partial charge in [-0.2, -0.15) is 5.10 Å². The van der Waals surface area contributed by atoms with E-state index in [1.807, 2.05) is 23.0 Å². The molecule has 0 saturated heterocycles. The first-order valence-corrected chi connectivity index (χ1v) is 7.39. The largest absolute Gasteiger partial charge is 0.396 e. The molecule has 102 valence electrons. The Morgan fingerprint density at radius 1 is 1.26 bits per heavy atom. The van der Waals surface area contributed by atoms with Crippen molar-refractivity contribution in [3.05, 3.63) is 42.2 Å². The summed E-state index contributed by atoms with van der Waals surface area (Å²) in [5, 5.41) is 13.5. The van der Waals surface area contributed by atoms with Crippen molar-refractivity contribution in [1.29, 1.82) is 0 Å². The van der Waals surface area contributed by atoms with Gasteiger partial charge in [-0.05, 0) is 24.3 Å². The molecule has 0 atom stereocenters. The van der Waals surface area contributed by atoms with Crippen molar-refractivity contribution in [3.63, 3.8) is 0 Å². The average Bonchev–Trinajstić information content (AvgIpc) is 2.86. The molecule has 0 aliphatic rings. The number of hydrogen-bond acceptors (Lipinski definition) is 3. The standard InChI is InChI=1S/C15H20N2OS/c1-15(2,3)14-7-8-17(16-14)12-5-4-6-13(11-12)19-10-9-18/h4-8,11,18H,9-10H2,1-3H3. The van der Waals surface area contributed by atoms with Crippen LogP contribution in [0, 0.1) is 0 Å². The third-order valence-electron chi connectivity index (χ3n) is 2.80. The van der Waals surface area contributed by atoms with Crippen LogP contribution in [-0.2, 0) is 5.41 Å². The van der Waals surface area contributed by atoms with Crippen LogP contribution in [0.4, 0.5) is 0 Å². The Bertz CT molecular complexity index is 543. The van der Waals surface area contributed by atoms with Crippen LogP contribution in [0.1, 0.15) is 26.5 Å². The molecule has 0 amide bonds. The lowest BCUT2D eigenvalue weighted by Gasteiger charge is -2.14. The van der Waals surface area contributed by atoms with Crippen LogP contribution in [0.15, 0.2) is 41.4 Å². The van der Waals surface area contributed by atoms with E-state index in [-0.39, 0.29) is 12.0 Å². The van der Waals surface area contributed by atoms with E-state index in [2.05, 4.69) is 44.1 Å². The number of aliphatic hydroxyl groups is 1. The Balaban J connectivity index is 2.24. The highest BCUT2D eigenvalue weighted by Crippen LogP contribution is 2.23. The molecule has 0 bridgehead atoms. The van der Waals surface area contributed by atoms with E-state index >= 15 is 0 Å². The highest BCUT2D eigenvalue weighted by Gasteiger charge is 2.16. The minimum atomic E-state index is 0.0640. The third kappa shape index (κ3) is 3.61. The molecule has 2 aromatic rings. The summed E-state index contributed by atoms with van der Waals surface area (Å²) in [6.07, 6.45) is 2.00. The fourth-order valence-electron chi connectivity index (χ4n) is 1.75. The maximum atomic E-state index is 8.87. The second kappa shape index (κ2) is 5.80. The summed E-state index contributed by atoms with van der Waals surface area (Å²) in [6, 6.07) is 10.3. The molecule has 4 heteroatoms. The summed E-state index contributed by atoms with van der Waals surface area (Å²) < 4.78 is 1.91. The SMILES string of the molecule is CC(C)(C)c1ccn(-c2cccc(SCCO)c2)n1. The Morgan fingerprint density at radius 2 is 2.05 bits per heavy atom. The predicted molar refractivity (Wildman–Crippen MR) is 80.1 cm³/mol. The molecule has 0 aliphatic carbocycles. The van der Waals surface area contributed by atoms with Crippen LogP contribution < -0.4 is 0 Å². The van der Waals surface area contributed by atoms with Crippen molar-refractivity contribution in [3.8, 4) is 5.69 Å². The summed E-state index contributed by atoms with van der Waals surface area (Å²) in [4.78, 5) is 1.15. The first-order chi connectivity index (χ1) is 9.00. The number of rotatable bonds is 4. The fraction of sp³-hybridized carbons (Fsp3) is 0.400. The second-order valence-electron chi connectivity index (χ2n) is 5.46. The number of thioether (sulfide) groups is 1. The lowest BCUT2D eigenvalue weighted by molar-refractivity contribution is 0.322. The van der Waals surface area contributed by atoms with Gasteiger partial charge in [0.05, 0.1) is 18.0 Å². The molecular formula is C15H20N2OS. The normalized spacial score (nSPS) is 11.8. The van der Waals surface area contributed by atoms with E-state index < -0.39 is 0 Å². The number of hydrogen-bond donors (Lipinski definition) is 1. The quantitative estimate of drug-likeness (QED) is 0.871. The van der Waals surface area contributed by atoms with Gasteiger partial charge in [0.15, 0.2) is 0 Å². The Kier molecular flexibility index (Phi) is 4.32. The molecule has 0 spiro atoms. The van der Waals surface area contributed by atoms with Crippen molar-refractivity contribution in [2.24, 2.45) is 0 Å². The van der Waals surface area contributed by atoms with Crippen LogP contribution in [0.5, 0.6) is 0 Å². The Morgan fingerprint density at radius 3 is 2.68 bits per heavy atom. The van der Waals surface area contributed by atoms with Crippen molar-refractivity contribution >= 4 is 11.8 Å². The smallest absolute Gasteiger partial charge is 0.0682 e. The highest BCUT2D eigenvalue weighted by atomic mass is 32.2. The van der Waals surface area contributed by atoms with E-state index in [0.717, 1.165) is 22.0 Å². The second-order valence-corrected chi connectivity index (χ2v) is 6.63. The molecule has 1 aromatic carbocycles. The van der Waals surface area contributed by atoms with Gasteiger partial charge in [0.2, 0.25) is 0 Å². The third-order valence-corrected chi connectivity index (χ3v) is 3.77. The van der Waals surface area contributed by atoms with Crippen LogP contribution in [0.3, 0.4) is 0 Å². The van der Waals surface area contributed by atoms with Gasteiger partial charge >= 0.3 is 0 Å². The van der Waals surface area contributed by atoms with Gasteiger partial charge < -0.3 is 5.11 Å². The monoisotopic (exact) mass is 276 g/mol. The Labute approximate surface area is 118 Å². The summed E-state index contributed by atoms with van der Waals surface area (Å²) >= 11 is 1.65. The maximum absolute atomic E-state index is 8.87. The molecule has 0 fully saturated rings. The molecule has 1 aromatic heterocycles. The molecule has 2 rings (SSSR count). The van der Waals surface area contributed by atoms with Gasteiger partial charge in [-0.1, -0.05) is 26.8 Å². The van der Waals surface area contributed by atoms with Crippen LogP contribution in [0.2, 0.25) is 0 Å². The molecule has 1 N–H and O–H groups in total. The van der Waals surface area contributed by atoms with Crippen LogP contribution in [-0.4, -0.2) is 27.2 Å².